The molecule has 0 aliphatic carbocycles. The van der Waals surface area contributed by atoms with Gasteiger partial charge in [0.1, 0.15) is 17.3 Å². The summed E-state index contributed by atoms with van der Waals surface area (Å²) in [6.45, 7) is 1.14. The van der Waals surface area contributed by atoms with Crippen LogP contribution in [0.1, 0.15) is 18.5 Å². The molecule has 2 heterocycles. The van der Waals surface area contributed by atoms with Crippen LogP contribution in [0.15, 0.2) is 42.5 Å². The molecule has 3 nitrogen and oxygen atoms in total. The second-order valence-corrected chi connectivity index (χ2v) is 5.76. The number of anilines is 2. The molecule has 128 valence electrons. The van der Waals surface area contributed by atoms with Crippen molar-refractivity contribution in [3.63, 3.8) is 0 Å². The van der Waals surface area contributed by atoms with Crippen molar-refractivity contribution in [1.29, 1.82) is 0 Å². The van der Waals surface area contributed by atoms with Crippen LogP contribution in [0.3, 0.4) is 0 Å². The van der Waals surface area contributed by atoms with Gasteiger partial charge < -0.3 is 10.2 Å². The molecule has 1 aromatic heterocycles. The standard InChI is InChI=1S/C17H17F4N3/c18-13-4-1-2-5-14(13)22-12-8-10-24(11-9-12)16-7-3-6-15(23-16)17(19,20)21/h1-7,12,22H,8-11H2. The van der Waals surface area contributed by atoms with Crippen molar-refractivity contribution < 1.29 is 17.6 Å². The number of halogens is 4. The number of pyridine rings is 1. The predicted molar refractivity (Wildman–Crippen MR) is 84.5 cm³/mol. The Balaban J connectivity index is 1.62. The minimum Gasteiger partial charge on any atom is -0.380 e. The molecular weight excluding hydrogens is 322 g/mol. The Morgan fingerprint density at radius 3 is 2.38 bits per heavy atom. The van der Waals surface area contributed by atoms with Crippen LogP contribution in [0.4, 0.5) is 29.1 Å². The molecule has 0 atom stereocenters. The summed E-state index contributed by atoms with van der Waals surface area (Å²) in [7, 11) is 0. The number of para-hydroxylation sites is 1. The summed E-state index contributed by atoms with van der Waals surface area (Å²) in [6, 6.07) is 10.5. The third-order valence-corrected chi connectivity index (χ3v) is 4.08. The maximum absolute atomic E-state index is 13.7. The molecule has 0 bridgehead atoms. The summed E-state index contributed by atoms with van der Waals surface area (Å²) in [4.78, 5) is 5.54. The Kier molecular flexibility index (Phi) is 4.59. The molecule has 0 radical (unpaired) electrons. The smallest absolute Gasteiger partial charge is 0.380 e. The van der Waals surface area contributed by atoms with E-state index in [-0.39, 0.29) is 11.9 Å². The van der Waals surface area contributed by atoms with Gasteiger partial charge in [0.25, 0.3) is 0 Å². The van der Waals surface area contributed by atoms with Gasteiger partial charge in [0.15, 0.2) is 0 Å². The highest BCUT2D eigenvalue weighted by Gasteiger charge is 2.33. The summed E-state index contributed by atoms with van der Waals surface area (Å²) in [5, 5.41) is 3.15. The zero-order valence-corrected chi connectivity index (χ0v) is 12.9. The Hall–Kier alpha value is -2.31. The Bertz CT molecular complexity index is 694. The molecule has 1 N–H and O–H groups in total. The summed E-state index contributed by atoms with van der Waals surface area (Å²) in [5.41, 5.74) is -0.431. The van der Waals surface area contributed by atoms with E-state index in [2.05, 4.69) is 10.3 Å². The minimum atomic E-state index is -4.44. The van der Waals surface area contributed by atoms with E-state index in [0.717, 1.165) is 6.07 Å². The first-order valence-corrected chi connectivity index (χ1v) is 7.74. The number of aromatic nitrogens is 1. The van der Waals surface area contributed by atoms with Crippen LogP contribution in [0.2, 0.25) is 0 Å². The van der Waals surface area contributed by atoms with E-state index in [4.69, 9.17) is 0 Å². The predicted octanol–water partition coefficient (Wildman–Crippen LogP) is 4.32. The van der Waals surface area contributed by atoms with Crippen molar-refractivity contribution in [1.82, 2.24) is 4.98 Å². The number of nitrogens with one attached hydrogen (secondary N) is 1. The van der Waals surface area contributed by atoms with Crippen LogP contribution < -0.4 is 10.2 Å². The molecule has 1 fully saturated rings. The number of benzene rings is 1. The fourth-order valence-corrected chi connectivity index (χ4v) is 2.81. The maximum atomic E-state index is 13.7. The Morgan fingerprint density at radius 1 is 1.00 bits per heavy atom. The van der Waals surface area contributed by atoms with E-state index >= 15 is 0 Å². The molecule has 3 rings (SSSR count). The van der Waals surface area contributed by atoms with Gasteiger partial charge in [-0.3, -0.25) is 0 Å². The van der Waals surface area contributed by atoms with Gasteiger partial charge in [-0.25, -0.2) is 9.37 Å². The molecule has 7 heteroatoms. The number of rotatable bonds is 3. The SMILES string of the molecule is Fc1ccccc1NC1CCN(c2cccc(C(F)(F)F)n2)CC1. The van der Waals surface area contributed by atoms with Crippen molar-refractivity contribution in [3.8, 4) is 0 Å². The van der Waals surface area contributed by atoms with Crippen LogP contribution in [0.25, 0.3) is 0 Å². The van der Waals surface area contributed by atoms with Crippen molar-refractivity contribution in [3.05, 3.63) is 54.0 Å². The highest BCUT2D eigenvalue weighted by molar-refractivity contribution is 5.46. The number of alkyl halides is 3. The number of nitrogens with zero attached hydrogens (tertiary/aromatic N) is 2. The zero-order valence-electron chi connectivity index (χ0n) is 12.9. The molecule has 1 aliphatic rings. The highest BCUT2D eigenvalue weighted by Crippen LogP contribution is 2.29. The van der Waals surface area contributed by atoms with Gasteiger partial charge in [-0.1, -0.05) is 18.2 Å². The monoisotopic (exact) mass is 339 g/mol. The third-order valence-electron chi connectivity index (χ3n) is 4.08. The molecule has 0 amide bonds. The van der Waals surface area contributed by atoms with E-state index < -0.39 is 11.9 Å². The molecule has 1 aromatic carbocycles. The first-order chi connectivity index (χ1) is 11.4. The van der Waals surface area contributed by atoms with Crippen LogP contribution in [0.5, 0.6) is 0 Å². The molecule has 0 spiro atoms. The summed E-state index contributed by atoms with van der Waals surface area (Å²) in [6.07, 6.45) is -3.04. The van der Waals surface area contributed by atoms with Gasteiger partial charge in [-0.05, 0) is 37.1 Å². The van der Waals surface area contributed by atoms with Gasteiger partial charge in [0, 0.05) is 19.1 Å². The van der Waals surface area contributed by atoms with Crippen molar-refractivity contribution in [2.45, 2.75) is 25.1 Å². The molecule has 24 heavy (non-hydrogen) atoms. The second kappa shape index (κ2) is 6.67. The lowest BCUT2D eigenvalue weighted by Crippen LogP contribution is -2.39. The minimum absolute atomic E-state index is 0.0870. The Morgan fingerprint density at radius 2 is 1.71 bits per heavy atom. The molecule has 1 aliphatic heterocycles. The molecular formula is C17H17F4N3. The quantitative estimate of drug-likeness (QED) is 0.844. The topological polar surface area (TPSA) is 28.2 Å². The lowest BCUT2D eigenvalue weighted by molar-refractivity contribution is -0.141. The van der Waals surface area contributed by atoms with Crippen molar-refractivity contribution in [2.24, 2.45) is 0 Å². The lowest BCUT2D eigenvalue weighted by atomic mass is 10.0. The van der Waals surface area contributed by atoms with Crippen LogP contribution in [-0.4, -0.2) is 24.1 Å². The summed E-state index contributed by atoms with van der Waals surface area (Å²) in [5.74, 6) is 0.0219. The number of piperidine rings is 1. The second-order valence-electron chi connectivity index (χ2n) is 5.76. The summed E-state index contributed by atoms with van der Waals surface area (Å²) >= 11 is 0. The van der Waals surface area contributed by atoms with Gasteiger partial charge in [-0.2, -0.15) is 13.2 Å². The average molecular weight is 339 g/mol. The third kappa shape index (κ3) is 3.77. The molecule has 0 unspecified atom stereocenters. The summed E-state index contributed by atoms with van der Waals surface area (Å²) < 4.78 is 51.9. The van der Waals surface area contributed by atoms with Crippen molar-refractivity contribution in [2.75, 3.05) is 23.3 Å². The normalized spacial score (nSPS) is 16.2. The van der Waals surface area contributed by atoms with E-state index in [1.165, 1.54) is 12.1 Å². The maximum Gasteiger partial charge on any atom is 0.433 e. The van der Waals surface area contributed by atoms with Crippen LogP contribution in [-0.2, 0) is 6.18 Å². The fourth-order valence-electron chi connectivity index (χ4n) is 2.81. The van der Waals surface area contributed by atoms with Crippen LogP contribution >= 0.6 is 0 Å². The molecule has 0 saturated carbocycles. The first-order valence-electron chi connectivity index (χ1n) is 7.74. The van der Waals surface area contributed by atoms with Gasteiger partial charge >= 0.3 is 6.18 Å². The van der Waals surface area contributed by atoms with Gasteiger partial charge in [0.05, 0.1) is 5.69 Å². The first kappa shape index (κ1) is 16.5. The fraction of sp³-hybridized carbons (Fsp3) is 0.353. The number of hydrogen-bond donors (Lipinski definition) is 1. The number of hydrogen-bond acceptors (Lipinski definition) is 3. The highest BCUT2D eigenvalue weighted by atomic mass is 19.4. The van der Waals surface area contributed by atoms with Gasteiger partial charge in [0.2, 0.25) is 0 Å². The van der Waals surface area contributed by atoms with E-state index in [1.54, 1.807) is 24.3 Å². The molecule has 1 saturated heterocycles. The lowest BCUT2D eigenvalue weighted by Gasteiger charge is -2.33. The van der Waals surface area contributed by atoms with E-state index in [9.17, 15) is 17.6 Å². The average Bonchev–Trinajstić information content (AvgIpc) is 2.57. The van der Waals surface area contributed by atoms with Crippen LogP contribution in [0, 0.1) is 5.82 Å². The van der Waals surface area contributed by atoms with Crippen molar-refractivity contribution >= 4 is 11.5 Å². The molecule has 2 aromatic rings. The van der Waals surface area contributed by atoms with Gasteiger partial charge in [-0.15, -0.1) is 0 Å². The van der Waals surface area contributed by atoms with E-state index in [0.29, 0.717) is 37.4 Å². The van der Waals surface area contributed by atoms with E-state index in [1.807, 2.05) is 4.90 Å². The Labute approximate surface area is 137 Å². The largest absolute Gasteiger partial charge is 0.433 e. The zero-order chi connectivity index (χ0) is 17.2.